The fraction of sp³-hybridized carbons (Fsp3) is 0.562. The predicted molar refractivity (Wildman–Crippen MR) is 85.3 cm³/mol. The van der Waals surface area contributed by atoms with Crippen LogP contribution in [-0.4, -0.2) is 60.6 Å². The summed E-state index contributed by atoms with van der Waals surface area (Å²) in [5.74, 6) is 0.484. The van der Waals surface area contributed by atoms with Gasteiger partial charge < -0.3 is 19.9 Å². The average Bonchev–Trinajstić information content (AvgIpc) is 2.83. The van der Waals surface area contributed by atoms with E-state index >= 15 is 0 Å². The fourth-order valence-corrected chi connectivity index (χ4v) is 2.85. The monoisotopic (exact) mass is 318 g/mol. The van der Waals surface area contributed by atoms with Gasteiger partial charge in [-0.05, 0) is 19.9 Å². The van der Waals surface area contributed by atoms with Crippen molar-refractivity contribution in [3.05, 3.63) is 23.4 Å². The summed E-state index contributed by atoms with van der Waals surface area (Å²) in [7, 11) is 0. The van der Waals surface area contributed by atoms with Gasteiger partial charge in [-0.15, -0.1) is 0 Å². The van der Waals surface area contributed by atoms with E-state index in [1.807, 2.05) is 26.0 Å². The first-order chi connectivity index (χ1) is 11.0. The van der Waals surface area contributed by atoms with Crippen LogP contribution < -0.4 is 10.2 Å². The lowest BCUT2D eigenvalue weighted by molar-refractivity contribution is -0.122. The van der Waals surface area contributed by atoms with E-state index in [0.29, 0.717) is 25.5 Å². The van der Waals surface area contributed by atoms with Gasteiger partial charge in [-0.3, -0.25) is 9.59 Å². The van der Waals surface area contributed by atoms with Crippen molar-refractivity contribution in [2.45, 2.75) is 26.4 Å². The van der Waals surface area contributed by atoms with Crippen LogP contribution in [0.3, 0.4) is 0 Å². The highest BCUT2D eigenvalue weighted by atomic mass is 16.5. The molecule has 2 amide bonds. The fourth-order valence-electron chi connectivity index (χ4n) is 2.85. The van der Waals surface area contributed by atoms with Crippen molar-refractivity contribution in [1.29, 1.82) is 0 Å². The summed E-state index contributed by atoms with van der Waals surface area (Å²) < 4.78 is 5.34. The summed E-state index contributed by atoms with van der Waals surface area (Å²) in [6.07, 6.45) is 0. The van der Waals surface area contributed by atoms with Crippen molar-refractivity contribution in [3.8, 4) is 0 Å². The molecule has 0 atom stereocenters. The zero-order valence-corrected chi connectivity index (χ0v) is 13.5. The van der Waals surface area contributed by atoms with Crippen molar-refractivity contribution >= 4 is 17.6 Å². The van der Waals surface area contributed by atoms with Crippen LogP contribution in [0.4, 0.5) is 5.82 Å². The highest BCUT2D eigenvalue weighted by Crippen LogP contribution is 2.24. The molecule has 0 bridgehead atoms. The number of hydrogen-bond donors (Lipinski definition) is 1. The molecule has 3 rings (SSSR count). The summed E-state index contributed by atoms with van der Waals surface area (Å²) in [5.41, 5.74) is 1.34. The van der Waals surface area contributed by atoms with Crippen molar-refractivity contribution in [2.75, 3.05) is 37.7 Å². The molecule has 1 aromatic rings. The SMILES string of the molecule is CC(C)NC(=O)CN1Cc2ccc(N3CCOCC3)nc2C1=O. The topological polar surface area (TPSA) is 74.8 Å². The zero-order valence-electron chi connectivity index (χ0n) is 13.5. The molecule has 1 aromatic heterocycles. The average molecular weight is 318 g/mol. The molecule has 1 N–H and O–H groups in total. The summed E-state index contributed by atoms with van der Waals surface area (Å²) in [5, 5.41) is 2.80. The molecule has 0 aromatic carbocycles. The van der Waals surface area contributed by atoms with Gasteiger partial charge in [-0.1, -0.05) is 6.07 Å². The highest BCUT2D eigenvalue weighted by molar-refractivity contribution is 5.99. The molecule has 0 aliphatic carbocycles. The molecule has 2 aliphatic rings. The summed E-state index contributed by atoms with van der Waals surface area (Å²) in [6.45, 7) is 7.21. The van der Waals surface area contributed by atoms with E-state index in [1.54, 1.807) is 4.90 Å². The Kier molecular flexibility index (Phi) is 4.47. The molecule has 7 nitrogen and oxygen atoms in total. The first-order valence-electron chi connectivity index (χ1n) is 7.96. The number of anilines is 1. The molecule has 0 unspecified atom stereocenters. The van der Waals surface area contributed by atoms with Crippen LogP contribution in [0, 0.1) is 0 Å². The maximum Gasteiger partial charge on any atom is 0.273 e. The number of morpholine rings is 1. The van der Waals surface area contributed by atoms with Crippen LogP contribution in [0.25, 0.3) is 0 Å². The summed E-state index contributed by atoms with van der Waals surface area (Å²) >= 11 is 0. The lowest BCUT2D eigenvalue weighted by atomic mass is 10.2. The molecule has 23 heavy (non-hydrogen) atoms. The second-order valence-electron chi connectivity index (χ2n) is 6.16. The molecule has 0 saturated carbocycles. The van der Waals surface area contributed by atoms with Gasteiger partial charge in [-0.25, -0.2) is 4.98 Å². The second kappa shape index (κ2) is 6.54. The Morgan fingerprint density at radius 2 is 2.09 bits per heavy atom. The Hall–Kier alpha value is -2.15. The predicted octanol–water partition coefficient (Wildman–Crippen LogP) is 0.399. The Bertz CT molecular complexity index is 611. The number of rotatable bonds is 4. The zero-order chi connectivity index (χ0) is 16.4. The van der Waals surface area contributed by atoms with Crippen LogP contribution in [0.1, 0.15) is 29.9 Å². The minimum Gasteiger partial charge on any atom is -0.378 e. The van der Waals surface area contributed by atoms with Crippen molar-refractivity contribution in [1.82, 2.24) is 15.2 Å². The van der Waals surface area contributed by atoms with Gasteiger partial charge in [-0.2, -0.15) is 0 Å². The lowest BCUT2D eigenvalue weighted by Gasteiger charge is -2.27. The van der Waals surface area contributed by atoms with Gasteiger partial charge in [0.2, 0.25) is 5.91 Å². The molecule has 1 fully saturated rings. The molecule has 1 saturated heterocycles. The van der Waals surface area contributed by atoms with Crippen LogP contribution in [0.15, 0.2) is 12.1 Å². The maximum absolute atomic E-state index is 12.5. The summed E-state index contributed by atoms with van der Waals surface area (Å²) in [4.78, 5) is 32.5. The van der Waals surface area contributed by atoms with E-state index in [-0.39, 0.29) is 24.4 Å². The van der Waals surface area contributed by atoms with E-state index in [1.165, 1.54) is 0 Å². The largest absolute Gasteiger partial charge is 0.378 e. The number of carbonyl (C=O) groups is 2. The van der Waals surface area contributed by atoms with E-state index < -0.39 is 0 Å². The van der Waals surface area contributed by atoms with Gasteiger partial charge in [0.25, 0.3) is 5.91 Å². The van der Waals surface area contributed by atoms with E-state index in [0.717, 1.165) is 24.5 Å². The minimum atomic E-state index is -0.172. The first-order valence-corrected chi connectivity index (χ1v) is 7.96. The number of nitrogens with zero attached hydrogens (tertiary/aromatic N) is 3. The van der Waals surface area contributed by atoms with E-state index in [4.69, 9.17) is 4.74 Å². The molecule has 3 heterocycles. The Labute approximate surface area is 135 Å². The molecule has 0 radical (unpaired) electrons. The highest BCUT2D eigenvalue weighted by Gasteiger charge is 2.31. The number of hydrogen-bond acceptors (Lipinski definition) is 5. The Balaban J connectivity index is 1.71. The minimum absolute atomic E-state index is 0.0635. The maximum atomic E-state index is 12.5. The Morgan fingerprint density at radius 1 is 1.35 bits per heavy atom. The van der Waals surface area contributed by atoms with Gasteiger partial charge in [0.1, 0.15) is 18.1 Å². The number of fused-ring (bicyclic) bond motifs is 1. The van der Waals surface area contributed by atoms with Gasteiger partial charge in [0, 0.05) is 31.2 Å². The van der Waals surface area contributed by atoms with Crippen molar-refractivity contribution < 1.29 is 14.3 Å². The smallest absolute Gasteiger partial charge is 0.273 e. The summed E-state index contributed by atoms with van der Waals surface area (Å²) in [6, 6.07) is 3.94. The lowest BCUT2D eigenvalue weighted by Crippen LogP contribution is -2.40. The van der Waals surface area contributed by atoms with Crippen LogP contribution in [0.2, 0.25) is 0 Å². The third-order valence-corrected chi connectivity index (χ3v) is 3.93. The van der Waals surface area contributed by atoms with Crippen molar-refractivity contribution in [2.24, 2.45) is 0 Å². The first kappa shape index (κ1) is 15.7. The number of nitrogens with one attached hydrogen (secondary N) is 1. The normalized spacial score (nSPS) is 17.6. The van der Waals surface area contributed by atoms with Gasteiger partial charge >= 0.3 is 0 Å². The van der Waals surface area contributed by atoms with Gasteiger partial charge in [0.05, 0.1) is 13.2 Å². The number of ether oxygens (including phenoxy) is 1. The molecule has 2 aliphatic heterocycles. The number of aromatic nitrogens is 1. The van der Waals surface area contributed by atoms with Crippen LogP contribution in [-0.2, 0) is 16.1 Å². The van der Waals surface area contributed by atoms with Gasteiger partial charge in [0.15, 0.2) is 0 Å². The molecule has 7 heteroatoms. The number of pyridine rings is 1. The van der Waals surface area contributed by atoms with E-state index in [9.17, 15) is 9.59 Å². The molecular weight excluding hydrogens is 296 g/mol. The third kappa shape index (κ3) is 3.44. The third-order valence-electron chi connectivity index (χ3n) is 3.93. The quantitative estimate of drug-likeness (QED) is 0.870. The standard InChI is InChI=1S/C16H22N4O3/c1-11(2)17-14(21)10-20-9-12-3-4-13(18-15(12)16(20)22)19-5-7-23-8-6-19/h3-4,11H,5-10H2,1-2H3,(H,17,21). The number of amides is 2. The Morgan fingerprint density at radius 3 is 2.78 bits per heavy atom. The molecule has 0 spiro atoms. The molecule has 124 valence electrons. The molecular formula is C16H22N4O3. The van der Waals surface area contributed by atoms with E-state index in [2.05, 4.69) is 15.2 Å². The van der Waals surface area contributed by atoms with Crippen LogP contribution >= 0.6 is 0 Å². The van der Waals surface area contributed by atoms with Crippen LogP contribution in [0.5, 0.6) is 0 Å². The number of carbonyl (C=O) groups excluding carboxylic acids is 2. The second-order valence-corrected chi connectivity index (χ2v) is 6.16. The van der Waals surface area contributed by atoms with Crippen molar-refractivity contribution in [3.63, 3.8) is 0 Å².